The molecule has 0 amide bonds. The molecule has 530 valence electrons. The predicted octanol–water partition coefficient (Wildman–Crippen LogP) is 0.669. The van der Waals surface area contributed by atoms with Gasteiger partial charge in [0.1, 0.15) is 58.6 Å². The highest BCUT2D eigenvalue weighted by Crippen LogP contribution is 2.84. The molecule has 67 heteroatoms. The molecule has 58 nitrogen and oxygen atoms in total. The van der Waals surface area contributed by atoms with Crippen molar-refractivity contribution in [3.05, 3.63) is 50.0 Å². The van der Waals surface area contributed by atoms with E-state index in [1.54, 1.807) is 0 Å². The second-order valence-electron chi connectivity index (χ2n) is 19.9. The molecule has 12 N–H and O–H groups in total. The monoisotopic (exact) mass is 1560 g/mol. The fourth-order valence-corrected chi connectivity index (χ4v) is 23.1. The Bertz CT molecular complexity index is 4860. The lowest BCUT2D eigenvalue weighted by atomic mass is 10.2. The van der Waals surface area contributed by atoms with Crippen molar-refractivity contribution in [2.75, 3.05) is 37.0 Å². The van der Waals surface area contributed by atoms with Gasteiger partial charge in [-0.25, -0.2) is 56.0 Å². The number of H-pyrrole nitrogens is 3. The van der Waals surface area contributed by atoms with Crippen molar-refractivity contribution in [1.82, 2.24) is 80.1 Å². The standard InChI is InChI=1S/C30H36N19O39P9/c31-28-37-22-19(25(53)40-28)34-7-43(22)16-1-10(50)13(68-16)4-65-89(56,83-97(64)82-49-78-94(61,79-49)88-97)71-46-74-92(59,75-46)86-95(62)80-47(72-90(57,84-95)66-5-14-11(51)2-17(69-14)44-8-35-20-23(44)38-29(32)41-26(20)54)76-93(60)77-48-73-91(58,85-96(63,81-48)87-93)67-6-15-12(52)3-18(70-15)45-9-36-21-24(45)39-30(33)42-27(21)55/h7-18,50-52H,1-6H2,(H3,31,37,40,53)(H3,32,38,41,54)(H3,33,39,42,55)/t10-,11-,12-,13+,14+,15+,16+,17+,18+,89?,90?,91?,93?,95?,96?,97?/m0/s1. The Labute approximate surface area is 527 Å². The molecule has 10 saturated heterocycles. The molecule has 6 aromatic heterocycles. The van der Waals surface area contributed by atoms with Gasteiger partial charge in [0, 0.05) is 19.3 Å². The van der Waals surface area contributed by atoms with Gasteiger partial charge < -0.3 is 46.7 Å². The molecule has 10 aliphatic rings. The predicted molar refractivity (Wildman–Crippen MR) is 284 cm³/mol. The molecule has 16 heterocycles. The average molecular weight is 1570 g/mol. The lowest BCUT2D eigenvalue weighted by Gasteiger charge is -2.40. The summed E-state index contributed by atoms with van der Waals surface area (Å²) in [6, 6.07) is 0. The Morgan fingerprint density at radius 1 is 0.495 bits per heavy atom. The van der Waals surface area contributed by atoms with Gasteiger partial charge in [-0.3, -0.25) is 56.6 Å². The molecule has 10 aliphatic heterocycles. The Balaban J connectivity index is 0.635. The minimum Gasteiger partial charge on any atom is -0.390 e. The summed E-state index contributed by atoms with van der Waals surface area (Å²) in [6.07, 6.45) is -10.6. The van der Waals surface area contributed by atoms with E-state index in [0.717, 1.165) is 23.5 Å². The maximum atomic E-state index is 14.5. The van der Waals surface area contributed by atoms with Crippen LogP contribution < -0.4 is 33.9 Å². The number of imidazole rings is 3. The van der Waals surface area contributed by atoms with Crippen molar-refractivity contribution in [3.8, 4) is 0 Å². The number of aromatic amines is 3. The minimum atomic E-state index is -6.35. The third kappa shape index (κ3) is 13.5. The van der Waals surface area contributed by atoms with Crippen LogP contribution in [0.2, 0.25) is 0 Å². The highest BCUT2D eigenvalue weighted by Gasteiger charge is 2.68. The third-order valence-corrected chi connectivity index (χ3v) is 28.3. The fraction of sp³-hybridized carbons (Fsp3) is 0.500. The van der Waals surface area contributed by atoms with Crippen molar-refractivity contribution in [3.63, 3.8) is 0 Å². The Hall–Kier alpha value is -4.72. The van der Waals surface area contributed by atoms with Crippen LogP contribution in [0, 0.1) is 0 Å². The van der Waals surface area contributed by atoms with E-state index in [2.05, 4.69) is 67.7 Å². The van der Waals surface area contributed by atoms with E-state index in [1.807, 2.05) is 0 Å². The van der Waals surface area contributed by atoms with Crippen LogP contribution in [-0.4, -0.2) is 152 Å². The number of anilines is 3. The number of nitrogens with one attached hydrogen (secondary N) is 3. The van der Waals surface area contributed by atoms with Gasteiger partial charge >= 0.3 is 70.4 Å². The van der Waals surface area contributed by atoms with Crippen molar-refractivity contribution in [2.45, 2.75) is 74.6 Å². The fourth-order valence-electron chi connectivity index (χ4n) is 9.36. The van der Waals surface area contributed by atoms with E-state index in [1.165, 1.54) is 9.13 Å². The summed E-state index contributed by atoms with van der Waals surface area (Å²) in [6.45, 7) is -3.29. The molecule has 10 fully saturated rings. The molecule has 0 spiro atoms. The largest absolute Gasteiger partial charge is 0.524 e. The van der Waals surface area contributed by atoms with Crippen molar-refractivity contribution in [1.29, 1.82) is 0 Å². The number of aliphatic hydroxyl groups excluding tert-OH is 3. The lowest BCUT2D eigenvalue weighted by molar-refractivity contribution is -0.496. The first-order chi connectivity index (χ1) is 45.6. The SMILES string of the molecule is Nc1nc2c(ncn2[C@H]2C[C@H](O)[C@@H](COP3(=O)ON(OP4(=O)ON5OP(=O)(OC[C@H]6O[C@@H](n7cnc8c(=O)[nH]c(N)nc87)C[C@@H]6O)OP(=O)(O5)O4)OP(=O)(OP4(=O)ON(OP(=O)(OC[C@H]5O[C@@H](n6cnc7c(=O)[nH]c(N)nc76)C[C@@H]5O)OP5(=O)ON6OP(=O)(O6)O5)O4)O3)O2)c(=O)[nH]1. The van der Waals surface area contributed by atoms with Gasteiger partial charge in [-0.15, -0.1) is 55.5 Å². The molecule has 16 rings (SSSR count). The number of nitrogens with zero attached hydrogens (tertiary/aromatic N) is 13. The highest BCUT2D eigenvalue weighted by atomic mass is 31.3. The Morgan fingerprint density at radius 2 is 0.887 bits per heavy atom. The van der Waals surface area contributed by atoms with E-state index in [4.69, 9.17) is 104 Å². The number of fused-ring (bicyclic) bond motifs is 7. The first kappa shape index (κ1) is 68.1. The molecule has 4 bridgehead atoms. The van der Waals surface area contributed by atoms with Gasteiger partial charge in [0.2, 0.25) is 17.8 Å². The number of hydrogen-bond donors (Lipinski definition) is 9. The first-order valence-electron chi connectivity index (χ1n) is 26.0. The number of nitrogen functional groups attached to an aromatic ring is 3. The Morgan fingerprint density at radius 3 is 1.36 bits per heavy atom. The molecule has 17 atom stereocenters. The number of aromatic nitrogens is 12. The summed E-state index contributed by atoms with van der Waals surface area (Å²) in [5, 5.41) is 30.5. The molecule has 8 unspecified atom stereocenters. The van der Waals surface area contributed by atoms with Crippen LogP contribution in [0.4, 0.5) is 17.8 Å². The van der Waals surface area contributed by atoms with Crippen molar-refractivity contribution in [2.24, 2.45) is 0 Å². The highest BCUT2D eigenvalue weighted by molar-refractivity contribution is 7.70. The number of ether oxygens (including phenoxy) is 3. The molecular weight excluding hydrogens is 1530 g/mol. The smallest absolute Gasteiger partial charge is 0.390 e. The van der Waals surface area contributed by atoms with Gasteiger partial charge in [-0.05, 0) is 0 Å². The zero-order valence-electron chi connectivity index (χ0n) is 46.3. The van der Waals surface area contributed by atoms with Crippen LogP contribution in [-0.2, 0) is 150 Å². The summed E-state index contributed by atoms with van der Waals surface area (Å²) in [4.78, 5) is 67.7. The maximum Gasteiger partial charge on any atom is 0.524 e. The second-order valence-corrected chi connectivity index (χ2v) is 34.6. The summed E-state index contributed by atoms with van der Waals surface area (Å²) in [5.74, 6) is -0.975. The van der Waals surface area contributed by atoms with E-state index < -0.39 is 178 Å². The van der Waals surface area contributed by atoms with Gasteiger partial charge in [0.05, 0.1) is 57.1 Å². The van der Waals surface area contributed by atoms with Gasteiger partial charge in [0.15, 0.2) is 33.5 Å². The average Bonchev–Trinajstić information content (AvgIpc) is 1.65. The van der Waals surface area contributed by atoms with Crippen LogP contribution in [0.1, 0.15) is 37.9 Å². The number of rotatable bonds is 20. The van der Waals surface area contributed by atoms with Gasteiger partial charge in [0.25, 0.3) is 16.7 Å². The van der Waals surface area contributed by atoms with Crippen LogP contribution in [0.25, 0.3) is 33.5 Å². The summed E-state index contributed by atoms with van der Waals surface area (Å²) >= 11 is 0. The lowest BCUT2D eigenvalue weighted by Crippen LogP contribution is -2.37. The molecule has 6 aromatic rings. The first-order valence-corrected chi connectivity index (χ1v) is 39.1. The second kappa shape index (κ2) is 24.2. The maximum absolute atomic E-state index is 14.5. The molecule has 0 aliphatic carbocycles. The molecular formula is C30H36N19O39P9. The van der Waals surface area contributed by atoms with E-state index in [0.29, 0.717) is 0 Å². The van der Waals surface area contributed by atoms with Gasteiger partial charge in [-0.1, -0.05) is 0 Å². The minimum absolute atomic E-state index is 0.0608. The van der Waals surface area contributed by atoms with Crippen molar-refractivity contribution < 1.29 is 166 Å². The Kier molecular flexibility index (Phi) is 17.0. The van der Waals surface area contributed by atoms with Crippen molar-refractivity contribution >= 4 is 122 Å². The molecule has 0 aromatic carbocycles. The summed E-state index contributed by atoms with van der Waals surface area (Å²) < 4.78 is 246. The topological polar surface area (TPSA) is 718 Å². The quantitative estimate of drug-likeness (QED) is 0.0474. The molecule has 0 saturated carbocycles. The number of nitrogens with two attached hydrogens (primary N) is 3. The van der Waals surface area contributed by atoms with E-state index in [9.17, 15) is 70.8 Å². The van der Waals surface area contributed by atoms with Crippen LogP contribution in [0.15, 0.2) is 33.4 Å². The number of phosphoric acid groups is 9. The van der Waals surface area contributed by atoms with E-state index in [-0.39, 0.29) is 76.0 Å². The van der Waals surface area contributed by atoms with E-state index >= 15 is 0 Å². The zero-order valence-corrected chi connectivity index (χ0v) is 54.3. The number of hydrogen-bond acceptors (Lipinski definition) is 52. The van der Waals surface area contributed by atoms with Crippen LogP contribution in [0.5, 0.6) is 0 Å². The van der Waals surface area contributed by atoms with Crippen LogP contribution in [0.3, 0.4) is 0 Å². The molecule has 97 heavy (non-hydrogen) atoms. The van der Waals surface area contributed by atoms with Crippen LogP contribution >= 0.6 is 70.4 Å². The molecule has 0 radical (unpaired) electrons. The summed E-state index contributed by atoms with van der Waals surface area (Å²) in [5.41, 5.74) is 13.9. The zero-order chi connectivity index (χ0) is 68.4. The summed E-state index contributed by atoms with van der Waals surface area (Å²) in [7, 11) is -51.7. The number of aliphatic hydroxyl groups is 3. The third-order valence-electron chi connectivity index (χ3n) is 13.3. The van der Waals surface area contributed by atoms with Gasteiger partial charge in [-0.2, -0.15) is 40.8 Å². The normalized spacial score (nSPS) is 39.6.